The topological polar surface area (TPSA) is 52.3 Å². The summed E-state index contributed by atoms with van der Waals surface area (Å²) < 4.78 is 5.02. The highest BCUT2D eigenvalue weighted by atomic mass is 16.6. The van der Waals surface area contributed by atoms with Gasteiger partial charge in [-0.25, -0.2) is 0 Å². The van der Waals surface area contributed by atoms with Crippen molar-refractivity contribution in [2.75, 3.05) is 0 Å². The summed E-state index contributed by atoms with van der Waals surface area (Å²) in [6.07, 6.45) is 1.60. The van der Waals surface area contributed by atoms with Crippen LogP contribution in [0.3, 0.4) is 0 Å². The molecule has 0 aromatic rings. The maximum absolute atomic E-state index is 10.9. The van der Waals surface area contributed by atoms with E-state index in [1.54, 1.807) is 0 Å². The molecule has 0 bridgehead atoms. The van der Waals surface area contributed by atoms with Gasteiger partial charge in [0.05, 0.1) is 0 Å². The van der Waals surface area contributed by atoms with Gasteiger partial charge >= 0.3 is 5.97 Å². The van der Waals surface area contributed by atoms with E-state index < -0.39 is 6.04 Å². The van der Waals surface area contributed by atoms with Crippen LogP contribution in [0.2, 0.25) is 0 Å². The lowest BCUT2D eigenvalue weighted by Crippen LogP contribution is -2.44. The van der Waals surface area contributed by atoms with E-state index in [1.165, 1.54) is 0 Å². The molecule has 1 heterocycles. The third kappa shape index (κ3) is 1.48. The minimum absolute atomic E-state index is 0.267. The van der Waals surface area contributed by atoms with E-state index in [1.807, 2.05) is 13.8 Å². The Morgan fingerprint density at radius 1 is 1.70 bits per heavy atom. The molecule has 58 valence electrons. The highest BCUT2D eigenvalue weighted by Crippen LogP contribution is 2.23. The molecule has 1 unspecified atom stereocenters. The Labute approximate surface area is 60.5 Å². The third-order valence-electron chi connectivity index (χ3n) is 1.74. The van der Waals surface area contributed by atoms with Crippen molar-refractivity contribution in [1.82, 2.24) is 0 Å². The zero-order valence-electron chi connectivity index (χ0n) is 6.39. The van der Waals surface area contributed by atoms with Crippen LogP contribution >= 0.6 is 0 Å². The van der Waals surface area contributed by atoms with Crippen molar-refractivity contribution >= 4 is 5.97 Å². The van der Waals surface area contributed by atoms with Gasteiger partial charge in [-0.2, -0.15) is 0 Å². The molecular weight excluding hydrogens is 130 g/mol. The maximum atomic E-state index is 10.9. The zero-order chi connectivity index (χ0) is 7.78. The van der Waals surface area contributed by atoms with Crippen LogP contribution in [0.15, 0.2) is 0 Å². The van der Waals surface area contributed by atoms with Gasteiger partial charge < -0.3 is 10.5 Å². The first-order valence-corrected chi connectivity index (χ1v) is 3.50. The standard InChI is InChI=1S/C7H13NO2/c1-7(2)4-3-5(8)6(9)10-7/h5H,3-4,8H2,1-2H3. The molecule has 1 atom stereocenters. The molecule has 1 fully saturated rings. The summed E-state index contributed by atoms with van der Waals surface area (Å²) in [6, 6.07) is -0.395. The molecule has 0 saturated carbocycles. The number of ether oxygens (including phenoxy) is 1. The van der Waals surface area contributed by atoms with Crippen LogP contribution in [0.1, 0.15) is 26.7 Å². The molecular formula is C7H13NO2. The second-order valence-electron chi connectivity index (χ2n) is 3.33. The summed E-state index contributed by atoms with van der Waals surface area (Å²) >= 11 is 0. The van der Waals surface area contributed by atoms with E-state index >= 15 is 0 Å². The maximum Gasteiger partial charge on any atom is 0.323 e. The molecule has 0 aliphatic carbocycles. The highest BCUT2D eigenvalue weighted by molar-refractivity contribution is 5.76. The Bertz CT molecular complexity index is 154. The van der Waals surface area contributed by atoms with Crippen LogP contribution in [0.25, 0.3) is 0 Å². The van der Waals surface area contributed by atoms with Crippen molar-refractivity contribution in [1.29, 1.82) is 0 Å². The number of nitrogens with two attached hydrogens (primary N) is 1. The molecule has 0 amide bonds. The molecule has 10 heavy (non-hydrogen) atoms. The van der Waals surface area contributed by atoms with Gasteiger partial charge in [0.2, 0.25) is 0 Å². The lowest BCUT2D eigenvalue weighted by molar-refractivity contribution is -0.165. The summed E-state index contributed by atoms with van der Waals surface area (Å²) in [5, 5.41) is 0. The Morgan fingerprint density at radius 3 is 2.70 bits per heavy atom. The lowest BCUT2D eigenvalue weighted by Gasteiger charge is -2.32. The molecule has 0 aromatic heterocycles. The molecule has 1 rings (SSSR count). The zero-order valence-corrected chi connectivity index (χ0v) is 6.39. The van der Waals surface area contributed by atoms with Crippen molar-refractivity contribution in [3.8, 4) is 0 Å². The van der Waals surface area contributed by atoms with Crippen LogP contribution < -0.4 is 5.73 Å². The van der Waals surface area contributed by atoms with Crippen LogP contribution in [0.4, 0.5) is 0 Å². The molecule has 2 N–H and O–H groups in total. The van der Waals surface area contributed by atoms with E-state index in [4.69, 9.17) is 10.5 Å². The molecule has 1 aliphatic heterocycles. The SMILES string of the molecule is CC1(C)CCC(N)C(=O)O1. The fourth-order valence-electron chi connectivity index (χ4n) is 1.02. The first kappa shape index (κ1) is 7.54. The number of rotatable bonds is 0. The number of carbonyl (C=O) groups excluding carboxylic acids is 1. The quantitative estimate of drug-likeness (QED) is 0.500. The van der Waals surface area contributed by atoms with E-state index in [-0.39, 0.29) is 11.6 Å². The Kier molecular flexibility index (Phi) is 1.68. The van der Waals surface area contributed by atoms with E-state index in [9.17, 15) is 4.79 Å². The van der Waals surface area contributed by atoms with Gasteiger partial charge in [-0.05, 0) is 26.7 Å². The van der Waals surface area contributed by atoms with Crippen LogP contribution in [-0.2, 0) is 9.53 Å². The monoisotopic (exact) mass is 143 g/mol. The minimum Gasteiger partial charge on any atom is -0.459 e. The Hall–Kier alpha value is -0.570. The number of hydrogen-bond acceptors (Lipinski definition) is 3. The van der Waals surface area contributed by atoms with Crippen LogP contribution in [-0.4, -0.2) is 17.6 Å². The molecule has 0 aromatic carbocycles. The molecule has 1 saturated heterocycles. The minimum atomic E-state index is -0.395. The average Bonchev–Trinajstić information content (AvgIpc) is 1.79. The van der Waals surface area contributed by atoms with Crippen molar-refractivity contribution in [2.24, 2.45) is 5.73 Å². The Morgan fingerprint density at radius 2 is 2.30 bits per heavy atom. The third-order valence-corrected chi connectivity index (χ3v) is 1.74. The summed E-state index contributed by atoms with van der Waals surface area (Å²) in [4.78, 5) is 10.9. The van der Waals surface area contributed by atoms with Gasteiger partial charge in [0.15, 0.2) is 0 Å². The van der Waals surface area contributed by atoms with Gasteiger partial charge in [0, 0.05) is 0 Å². The summed E-state index contributed by atoms with van der Waals surface area (Å²) in [5.41, 5.74) is 5.13. The van der Waals surface area contributed by atoms with Gasteiger partial charge in [-0.15, -0.1) is 0 Å². The first-order valence-electron chi connectivity index (χ1n) is 3.50. The van der Waals surface area contributed by atoms with E-state index in [0.717, 1.165) is 12.8 Å². The number of esters is 1. The lowest BCUT2D eigenvalue weighted by atomic mass is 9.96. The number of carbonyl (C=O) groups is 1. The molecule has 3 heteroatoms. The van der Waals surface area contributed by atoms with E-state index in [0.29, 0.717) is 0 Å². The summed E-state index contributed by atoms with van der Waals surface area (Å²) in [5.74, 6) is -0.267. The fraction of sp³-hybridized carbons (Fsp3) is 0.857. The highest BCUT2D eigenvalue weighted by Gasteiger charge is 2.32. The fourth-order valence-corrected chi connectivity index (χ4v) is 1.02. The Balaban J connectivity index is 2.57. The predicted octanol–water partition coefficient (Wildman–Crippen LogP) is 0.429. The molecule has 0 radical (unpaired) electrons. The van der Waals surface area contributed by atoms with Crippen LogP contribution in [0.5, 0.6) is 0 Å². The molecule has 1 aliphatic rings. The van der Waals surface area contributed by atoms with Crippen molar-refractivity contribution in [2.45, 2.75) is 38.3 Å². The van der Waals surface area contributed by atoms with Gasteiger partial charge in [0.25, 0.3) is 0 Å². The molecule has 3 nitrogen and oxygen atoms in total. The first-order chi connectivity index (χ1) is 4.51. The normalized spacial score (nSPS) is 31.5. The smallest absolute Gasteiger partial charge is 0.323 e. The van der Waals surface area contributed by atoms with Gasteiger partial charge in [-0.1, -0.05) is 0 Å². The van der Waals surface area contributed by atoms with Crippen molar-refractivity contribution in [3.63, 3.8) is 0 Å². The van der Waals surface area contributed by atoms with Gasteiger partial charge in [-0.3, -0.25) is 4.79 Å². The van der Waals surface area contributed by atoms with Crippen LogP contribution in [0, 0.1) is 0 Å². The average molecular weight is 143 g/mol. The van der Waals surface area contributed by atoms with Crippen molar-refractivity contribution < 1.29 is 9.53 Å². The summed E-state index contributed by atoms with van der Waals surface area (Å²) in [6.45, 7) is 3.80. The second kappa shape index (κ2) is 2.23. The van der Waals surface area contributed by atoms with Gasteiger partial charge in [0.1, 0.15) is 11.6 Å². The molecule has 0 spiro atoms. The van der Waals surface area contributed by atoms with E-state index in [2.05, 4.69) is 0 Å². The second-order valence-corrected chi connectivity index (χ2v) is 3.33. The predicted molar refractivity (Wildman–Crippen MR) is 37.4 cm³/mol. The van der Waals surface area contributed by atoms with Crippen molar-refractivity contribution in [3.05, 3.63) is 0 Å². The summed E-state index contributed by atoms with van der Waals surface area (Å²) in [7, 11) is 0. The largest absolute Gasteiger partial charge is 0.459 e. The number of cyclic esters (lactones) is 1. The number of hydrogen-bond donors (Lipinski definition) is 1.